The highest BCUT2D eigenvalue weighted by Gasteiger charge is 2.10. The van der Waals surface area contributed by atoms with Crippen LogP contribution in [0.1, 0.15) is 29.2 Å². The first kappa shape index (κ1) is 11.7. The summed E-state index contributed by atoms with van der Waals surface area (Å²) in [6.07, 6.45) is 0.207. The standard InChI is InChI=1S/C11H17N3O/c1-7-3-4-9(5-8(7)2)10(12)6-11(15)14-13/h3-5,10H,6,12-13H2,1-2H3,(H,14,15). The summed E-state index contributed by atoms with van der Waals surface area (Å²) in [6.45, 7) is 4.06. The first-order chi connectivity index (χ1) is 7.04. The quantitative estimate of drug-likeness (QED) is 0.387. The number of hydrogen-bond donors (Lipinski definition) is 3. The van der Waals surface area contributed by atoms with Gasteiger partial charge in [-0.05, 0) is 30.5 Å². The lowest BCUT2D eigenvalue weighted by Crippen LogP contribution is -2.32. The first-order valence-electron chi connectivity index (χ1n) is 4.86. The molecule has 1 atom stereocenters. The molecule has 15 heavy (non-hydrogen) atoms. The van der Waals surface area contributed by atoms with Crippen molar-refractivity contribution in [2.75, 3.05) is 0 Å². The Bertz CT molecular complexity index is 363. The Morgan fingerprint density at radius 1 is 1.40 bits per heavy atom. The molecule has 0 aromatic heterocycles. The lowest BCUT2D eigenvalue weighted by molar-refractivity contribution is -0.121. The number of hydrazine groups is 1. The van der Waals surface area contributed by atoms with Gasteiger partial charge in [0.2, 0.25) is 5.91 Å². The fraction of sp³-hybridized carbons (Fsp3) is 0.364. The molecular formula is C11H17N3O. The second-order valence-corrected chi connectivity index (χ2v) is 3.72. The number of hydrogen-bond acceptors (Lipinski definition) is 3. The number of nitrogens with two attached hydrogens (primary N) is 2. The number of aryl methyl sites for hydroxylation is 2. The maximum atomic E-state index is 11.0. The van der Waals surface area contributed by atoms with Gasteiger partial charge >= 0.3 is 0 Å². The molecule has 0 saturated heterocycles. The Morgan fingerprint density at radius 3 is 2.60 bits per heavy atom. The topological polar surface area (TPSA) is 81.1 Å². The van der Waals surface area contributed by atoms with Crippen molar-refractivity contribution in [1.29, 1.82) is 0 Å². The van der Waals surface area contributed by atoms with Gasteiger partial charge in [0.25, 0.3) is 0 Å². The van der Waals surface area contributed by atoms with Gasteiger partial charge in [-0.25, -0.2) is 5.84 Å². The van der Waals surface area contributed by atoms with Gasteiger partial charge in [0.15, 0.2) is 0 Å². The normalized spacial score (nSPS) is 12.3. The molecule has 1 rings (SSSR count). The molecule has 4 heteroatoms. The second-order valence-electron chi connectivity index (χ2n) is 3.72. The molecule has 0 aliphatic carbocycles. The molecule has 4 nitrogen and oxygen atoms in total. The largest absolute Gasteiger partial charge is 0.324 e. The second kappa shape index (κ2) is 4.91. The van der Waals surface area contributed by atoms with Gasteiger partial charge in [0, 0.05) is 12.5 Å². The van der Waals surface area contributed by atoms with Crippen LogP contribution in [0.2, 0.25) is 0 Å². The van der Waals surface area contributed by atoms with Gasteiger partial charge in [0.05, 0.1) is 0 Å². The van der Waals surface area contributed by atoms with Crippen LogP contribution in [-0.2, 0) is 4.79 Å². The van der Waals surface area contributed by atoms with Crippen LogP contribution >= 0.6 is 0 Å². The van der Waals surface area contributed by atoms with Crippen LogP contribution in [0.3, 0.4) is 0 Å². The summed E-state index contributed by atoms with van der Waals surface area (Å²) in [5.41, 5.74) is 11.3. The molecule has 0 heterocycles. The molecule has 1 amide bonds. The van der Waals surface area contributed by atoms with E-state index in [2.05, 4.69) is 5.43 Å². The zero-order valence-corrected chi connectivity index (χ0v) is 9.08. The van der Waals surface area contributed by atoms with Gasteiger partial charge in [-0.2, -0.15) is 0 Å². The van der Waals surface area contributed by atoms with Gasteiger partial charge in [0.1, 0.15) is 0 Å². The molecule has 0 spiro atoms. The SMILES string of the molecule is Cc1ccc(C(N)CC(=O)NN)cc1C. The molecule has 0 bridgehead atoms. The summed E-state index contributed by atoms with van der Waals surface area (Å²) in [5, 5.41) is 0. The Labute approximate surface area is 89.6 Å². The van der Waals surface area contributed by atoms with E-state index in [1.165, 1.54) is 11.1 Å². The van der Waals surface area contributed by atoms with E-state index < -0.39 is 0 Å². The third kappa shape index (κ3) is 3.04. The van der Waals surface area contributed by atoms with Crippen molar-refractivity contribution < 1.29 is 4.79 Å². The molecule has 1 aromatic carbocycles. The van der Waals surface area contributed by atoms with Crippen LogP contribution in [0.25, 0.3) is 0 Å². The number of carbonyl (C=O) groups is 1. The average molecular weight is 207 g/mol. The maximum absolute atomic E-state index is 11.0. The first-order valence-corrected chi connectivity index (χ1v) is 4.86. The highest BCUT2D eigenvalue weighted by molar-refractivity contribution is 5.76. The van der Waals surface area contributed by atoms with Crippen LogP contribution in [0.5, 0.6) is 0 Å². The highest BCUT2D eigenvalue weighted by Crippen LogP contribution is 2.17. The third-order valence-electron chi connectivity index (χ3n) is 2.53. The minimum Gasteiger partial charge on any atom is -0.324 e. The molecule has 0 saturated carbocycles. The van der Waals surface area contributed by atoms with Gasteiger partial charge in [-0.15, -0.1) is 0 Å². The molecule has 0 aliphatic rings. The number of benzene rings is 1. The van der Waals surface area contributed by atoms with Crippen molar-refractivity contribution in [2.45, 2.75) is 26.3 Å². The van der Waals surface area contributed by atoms with Gasteiger partial charge in [-0.1, -0.05) is 18.2 Å². The number of carbonyl (C=O) groups excluding carboxylic acids is 1. The Hall–Kier alpha value is -1.39. The van der Waals surface area contributed by atoms with E-state index in [-0.39, 0.29) is 18.4 Å². The lowest BCUT2D eigenvalue weighted by atomic mass is 9.99. The minimum absolute atomic E-state index is 0.207. The van der Waals surface area contributed by atoms with Crippen LogP contribution < -0.4 is 17.0 Å². The van der Waals surface area contributed by atoms with Crippen LogP contribution in [0, 0.1) is 13.8 Å². The van der Waals surface area contributed by atoms with E-state index in [1.807, 2.05) is 32.0 Å². The zero-order chi connectivity index (χ0) is 11.4. The van der Waals surface area contributed by atoms with E-state index >= 15 is 0 Å². The van der Waals surface area contributed by atoms with Crippen LogP contribution in [0.15, 0.2) is 18.2 Å². The average Bonchev–Trinajstić information content (AvgIpc) is 2.21. The Balaban J connectivity index is 2.78. The van der Waals surface area contributed by atoms with Crippen molar-refractivity contribution in [2.24, 2.45) is 11.6 Å². The van der Waals surface area contributed by atoms with E-state index in [1.54, 1.807) is 0 Å². The smallest absolute Gasteiger partial charge is 0.235 e. The van der Waals surface area contributed by atoms with Gasteiger partial charge < -0.3 is 5.73 Å². The molecule has 0 aliphatic heterocycles. The molecular weight excluding hydrogens is 190 g/mol. The fourth-order valence-corrected chi connectivity index (χ4v) is 1.37. The lowest BCUT2D eigenvalue weighted by Gasteiger charge is -2.12. The monoisotopic (exact) mass is 207 g/mol. The van der Waals surface area contributed by atoms with Crippen molar-refractivity contribution in [3.05, 3.63) is 34.9 Å². The Kier molecular flexibility index (Phi) is 3.82. The predicted molar refractivity (Wildman–Crippen MR) is 59.8 cm³/mol. The summed E-state index contributed by atoms with van der Waals surface area (Å²) in [4.78, 5) is 11.0. The summed E-state index contributed by atoms with van der Waals surface area (Å²) < 4.78 is 0. The molecule has 1 unspecified atom stereocenters. The Morgan fingerprint density at radius 2 is 2.07 bits per heavy atom. The summed E-state index contributed by atoms with van der Waals surface area (Å²) in [7, 11) is 0. The number of nitrogens with one attached hydrogen (secondary N) is 1. The maximum Gasteiger partial charge on any atom is 0.235 e. The van der Waals surface area contributed by atoms with Crippen molar-refractivity contribution >= 4 is 5.91 Å². The highest BCUT2D eigenvalue weighted by atomic mass is 16.2. The minimum atomic E-state index is -0.298. The summed E-state index contributed by atoms with van der Waals surface area (Å²) in [5.74, 6) is 4.75. The van der Waals surface area contributed by atoms with Gasteiger partial charge in [-0.3, -0.25) is 10.2 Å². The number of amides is 1. The summed E-state index contributed by atoms with van der Waals surface area (Å²) in [6, 6.07) is 5.65. The zero-order valence-electron chi connectivity index (χ0n) is 9.08. The molecule has 0 fully saturated rings. The third-order valence-corrected chi connectivity index (χ3v) is 2.53. The van der Waals surface area contributed by atoms with E-state index in [9.17, 15) is 4.79 Å². The molecule has 0 radical (unpaired) electrons. The van der Waals surface area contributed by atoms with Crippen molar-refractivity contribution in [1.82, 2.24) is 5.43 Å². The molecule has 82 valence electrons. The molecule has 5 N–H and O–H groups in total. The number of rotatable bonds is 3. The summed E-state index contributed by atoms with van der Waals surface area (Å²) >= 11 is 0. The fourth-order valence-electron chi connectivity index (χ4n) is 1.37. The van der Waals surface area contributed by atoms with Crippen molar-refractivity contribution in [3.63, 3.8) is 0 Å². The van der Waals surface area contributed by atoms with Crippen LogP contribution in [0.4, 0.5) is 0 Å². The van der Waals surface area contributed by atoms with E-state index in [0.717, 1.165) is 5.56 Å². The van der Waals surface area contributed by atoms with Crippen molar-refractivity contribution in [3.8, 4) is 0 Å². The van der Waals surface area contributed by atoms with E-state index in [4.69, 9.17) is 11.6 Å². The van der Waals surface area contributed by atoms with E-state index in [0.29, 0.717) is 0 Å². The van der Waals surface area contributed by atoms with Crippen LogP contribution in [-0.4, -0.2) is 5.91 Å². The predicted octanol–water partition coefficient (Wildman–Crippen LogP) is 0.683. The molecule has 1 aromatic rings.